The van der Waals surface area contributed by atoms with Gasteiger partial charge in [-0.15, -0.1) is 0 Å². The zero-order chi connectivity index (χ0) is 21.4. The van der Waals surface area contributed by atoms with Crippen molar-refractivity contribution < 1.29 is 28.5 Å². The molecule has 0 aliphatic carbocycles. The van der Waals surface area contributed by atoms with E-state index in [2.05, 4.69) is 6.92 Å². The van der Waals surface area contributed by atoms with Crippen molar-refractivity contribution in [3.63, 3.8) is 0 Å². The highest BCUT2D eigenvalue weighted by Gasteiger charge is 2.04. The molecule has 0 heterocycles. The SMILES string of the molecule is CCCCCCCCCOCCOCCOCCOCCCC(=O)OCC(C)C. The Kier molecular flexibility index (Phi) is 23.0. The van der Waals surface area contributed by atoms with Gasteiger partial charge in [0.1, 0.15) is 0 Å². The largest absolute Gasteiger partial charge is 0.465 e. The molecule has 0 fully saturated rings. The Morgan fingerprint density at radius 1 is 0.621 bits per heavy atom. The van der Waals surface area contributed by atoms with E-state index in [0.29, 0.717) is 71.6 Å². The number of carbonyl (C=O) groups is 1. The Morgan fingerprint density at radius 2 is 1.07 bits per heavy atom. The quantitative estimate of drug-likeness (QED) is 0.176. The van der Waals surface area contributed by atoms with Gasteiger partial charge in [-0.05, 0) is 18.8 Å². The molecule has 0 aliphatic rings. The predicted molar refractivity (Wildman–Crippen MR) is 116 cm³/mol. The Bertz CT molecular complexity index is 335. The number of hydrogen-bond donors (Lipinski definition) is 0. The molecule has 174 valence electrons. The Labute approximate surface area is 178 Å². The highest BCUT2D eigenvalue weighted by atomic mass is 16.6. The molecular weight excluding hydrogens is 372 g/mol. The third-order valence-corrected chi connectivity index (χ3v) is 4.26. The molecule has 0 saturated carbocycles. The molecule has 0 saturated heterocycles. The van der Waals surface area contributed by atoms with Crippen molar-refractivity contribution in [3.8, 4) is 0 Å². The van der Waals surface area contributed by atoms with E-state index in [4.69, 9.17) is 23.7 Å². The molecule has 29 heavy (non-hydrogen) atoms. The summed E-state index contributed by atoms with van der Waals surface area (Å²) in [6.07, 6.45) is 10.2. The summed E-state index contributed by atoms with van der Waals surface area (Å²) in [4.78, 5) is 11.4. The van der Waals surface area contributed by atoms with E-state index in [1.807, 2.05) is 13.8 Å². The van der Waals surface area contributed by atoms with Crippen LogP contribution in [0.5, 0.6) is 0 Å². The number of ether oxygens (including phenoxy) is 5. The van der Waals surface area contributed by atoms with Crippen LogP contribution in [-0.4, -0.2) is 65.4 Å². The van der Waals surface area contributed by atoms with Gasteiger partial charge in [0.15, 0.2) is 0 Å². The highest BCUT2D eigenvalue weighted by molar-refractivity contribution is 5.69. The van der Waals surface area contributed by atoms with Crippen molar-refractivity contribution in [2.75, 3.05) is 59.5 Å². The van der Waals surface area contributed by atoms with Crippen LogP contribution in [0.15, 0.2) is 0 Å². The van der Waals surface area contributed by atoms with Crippen molar-refractivity contribution in [2.24, 2.45) is 5.92 Å². The molecule has 0 unspecified atom stereocenters. The first-order valence-electron chi connectivity index (χ1n) is 11.6. The number of carbonyl (C=O) groups excluding carboxylic acids is 1. The number of hydrogen-bond acceptors (Lipinski definition) is 6. The average molecular weight is 419 g/mol. The summed E-state index contributed by atoms with van der Waals surface area (Å²) >= 11 is 0. The van der Waals surface area contributed by atoms with Gasteiger partial charge in [-0.1, -0.05) is 59.3 Å². The maximum Gasteiger partial charge on any atom is 0.305 e. The second-order valence-corrected chi connectivity index (χ2v) is 7.75. The van der Waals surface area contributed by atoms with Crippen molar-refractivity contribution in [2.45, 2.75) is 78.6 Å². The van der Waals surface area contributed by atoms with Gasteiger partial charge in [-0.3, -0.25) is 4.79 Å². The second kappa shape index (κ2) is 23.6. The molecule has 0 N–H and O–H groups in total. The molecule has 0 radical (unpaired) electrons. The first kappa shape index (κ1) is 28.3. The van der Waals surface area contributed by atoms with Crippen molar-refractivity contribution in [3.05, 3.63) is 0 Å². The lowest BCUT2D eigenvalue weighted by Crippen LogP contribution is -2.13. The molecule has 0 bridgehead atoms. The lowest BCUT2D eigenvalue weighted by atomic mass is 10.1. The van der Waals surface area contributed by atoms with Gasteiger partial charge in [0.25, 0.3) is 0 Å². The molecular formula is C23H46O6. The van der Waals surface area contributed by atoms with E-state index in [1.165, 1.54) is 38.5 Å². The normalized spacial score (nSPS) is 11.3. The van der Waals surface area contributed by atoms with Crippen LogP contribution < -0.4 is 0 Å². The maximum absolute atomic E-state index is 11.4. The first-order chi connectivity index (χ1) is 14.2. The summed E-state index contributed by atoms with van der Waals surface area (Å²) in [6, 6.07) is 0. The fourth-order valence-electron chi connectivity index (χ4n) is 2.57. The molecule has 0 aliphatic heterocycles. The highest BCUT2D eigenvalue weighted by Crippen LogP contribution is 2.06. The van der Waals surface area contributed by atoms with Crippen molar-refractivity contribution >= 4 is 5.97 Å². The maximum atomic E-state index is 11.4. The standard InChI is InChI=1S/C23H46O6/c1-4-5-6-7-8-9-10-13-25-15-17-27-19-20-28-18-16-26-14-11-12-23(24)29-21-22(2)3/h22H,4-21H2,1-3H3. The molecule has 0 spiro atoms. The van der Waals surface area contributed by atoms with E-state index in [-0.39, 0.29) is 5.97 Å². The van der Waals surface area contributed by atoms with E-state index in [9.17, 15) is 4.79 Å². The van der Waals surface area contributed by atoms with Crippen LogP contribution in [0, 0.1) is 5.92 Å². The third-order valence-electron chi connectivity index (χ3n) is 4.26. The minimum atomic E-state index is -0.151. The fourth-order valence-corrected chi connectivity index (χ4v) is 2.57. The number of rotatable bonds is 23. The Balaban J connectivity index is 3.07. The topological polar surface area (TPSA) is 63.2 Å². The summed E-state index contributed by atoms with van der Waals surface area (Å²) in [5, 5.41) is 0. The third kappa shape index (κ3) is 25.3. The van der Waals surface area contributed by atoms with E-state index in [1.54, 1.807) is 0 Å². The molecule has 6 nitrogen and oxygen atoms in total. The van der Waals surface area contributed by atoms with Gasteiger partial charge < -0.3 is 23.7 Å². The van der Waals surface area contributed by atoms with Crippen molar-refractivity contribution in [1.82, 2.24) is 0 Å². The van der Waals surface area contributed by atoms with Crippen LogP contribution in [0.3, 0.4) is 0 Å². The van der Waals surface area contributed by atoms with Crippen LogP contribution >= 0.6 is 0 Å². The van der Waals surface area contributed by atoms with Gasteiger partial charge in [0.2, 0.25) is 0 Å². The smallest absolute Gasteiger partial charge is 0.305 e. The minimum absolute atomic E-state index is 0.151. The molecule has 0 rings (SSSR count). The van der Waals surface area contributed by atoms with E-state index < -0.39 is 0 Å². The molecule has 0 atom stereocenters. The number of unbranched alkanes of at least 4 members (excludes halogenated alkanes) is 6. The zero-order valence-electron chi connectivity index (χ0n) is 19.3. The van der Waals surface area contributed by atoms with Crippen LogP contribution in [0.4, 0.5) is 0 Å². The van der Waals surface area contributed by atoms with Gasteiger partial charge in [-0.2, -0.15) is 0 Å². The van der Waals surface area contributed by atoms with Crippen LogP contribution in [0.2, 0.25) is 0 Å². The Hall–Kier alpha value is -0.690. The van der Waals surface area contributed by atoms with Gasteiger partial charge in [0, 0.05) is 19.6 Å². The van der Waals surface area contributed by atoms with Crippen LogP contribution in [0.25, 0.3) is 0 Å². The second-order valence-electron chi connectivity index (χ2n) is 7.75. The van der Waals surface area contributed by atoms with Crippen LogP contribution in [0.1, 0.15) is 78.6 Å². The molecule has 0 amide bonds. The summed E-state index contributed by atoms with van der Waals surface area (Å²) < 4.78 is 27.0. The van der Waals surface area contributed by atoms with Gasteiger partial charge >= 0.3 is 5.97 Å². The minimum Gasteiger partial charge on any atom is -0.465 e. The molecule has 0 aromatic rings. The molecule has 6 heteroatoms. The fraction of sp³-hybridized carbons (Fsp3) is 0.957. The lowest BCUT2D eigenvalue weighted by Gasteiger charge is -2.08. The van der Waals surface area contributed by atoms with Gasteiger partial charge in [-0.25, -0.2) is 0 Å². The summed E-state index contributed by atoms with van der Waals surface area (Å²) in [7, 11) is 0. The van der Waals surface area contributed by atoms with E-state index >= 15 is 0 Å². The lowest BCUT2D eigenvalue weighted by molar-refractivity contribution is -0.145. The Morgan fingerprint density at radius 3 is 1.59 bits per heavy atom. The average Bonchev–Trinajstić information content (AvgIpc) is 2.70. The molecule has 0 aromatic carbocycles. The number of esters is 1. The summed E-state index contributed by atoms with van der Waals surface area (Å²) in [5.41, 5.74) is 0. The van der Waals surface area contributed by atoms with E-state index in [0.717, 1.165) is 13.0 Å². The van der Waals surface area contributed by atoms with Crippen LogP contribution in [-0.2, 0) is 28.5 Å². The zero-order valence-corrected chi connectivity index (χ0v) is 19.3. The summed E-state index contributed by atoms with van der Waals surface area (Å²) in [6.45, 7) is 11.6. The monoisotopic (exact) mass is 418 g/mol. The van der Waals surface area contributed by atoms with Gasteiger partial charge in [0.05, 0.1) is 46.2 Å². The first-order valence-corrected chi connectivity index (χ1v) is 11.6. The summed E-state index contributed by atoms with van der Waals surface area (Å²) in [5.74, 6) is 0.223. The predicted octanol–water partition coefficient (Wildman–Crippen LogP) is 4.78. The molecule has 0 aromatic heterocycles. The van der Waals surface area contributed by atoms with Crippen molar-refractivity contribution in [1.29, 1.82) is 0 Å².